The van der Waals surface area contributed by atoms with Crippen LogP contribution in [0.5, 0.6) is 5.75 Å². The van der Waals surface area contributed by atoms with Gasteiger partial charge in [0, 0.05) is 0 Å². The number of thiol groups is 1. The number of para-hydroxylation sites is 1. The lowest BCUT2D eigenvalue weighted by molar-refractivity contribution is 0.182. The van der Waals surface area contributed by atoms with Gasteiger partial charge in [-0.25, -0.2) is 8.42 Å². The SMILES string of the molecule is O=[SH](=O)Nc1ccccc1Cc1ccc(N2CC(O)NS2(O)O)c(O)c1. The highest BCUT2D eigenvalue weighted by Gasteiger charge is 2.36. The molecular weight excluding hydrogens is 382 g/mol. The van der Waals surface area contributed by atoms with Crippen LogP contribution in [0.1, 0.15) is 11.1 Å². The molecule has 3 rings (SSSR count). The summed E-state index contributed by atoms with van der Waals surface area (Å²) < 4.78 is 47.4. The van der Waals surface area contributed by atoms with Crippen LogP contribution in [-0.4, -0.2) is 40.5 Å². The number of aromatic hydroxyl groups is 1. The largest absolute Gasteiger partial charge is 0.506 e. The van der Waals surface area contributed by atoms with E-state index in [1.165, 1.54) is 12.1 Å². The smallest absolute Gasteiger partial charge is 0.222 e. The molecule has 0 saturated carbocycles. The maximum absolute atomic E-state index is 10.9. The van der Waals surface area contributed by atoms with E-state index in [0.29, 0.717) is 17.7 Å². The Kier molecular flexibility index (Phi) is 5.27. The van der Waals surface area contributed by atoms with Crippen molar-refractivity contribution in [3.8, 4) is 5.75 Å². The number of aliphatic hydroxyl groups excluding tert-OH is 1. The lowest BCUT2D eigenvalue weighted by Gasteiger charge is -2.36. The Balaban J connectivity index is 1.85. The minimum atomic E-state index is -3.41. The van der Waals surface area contributed by atoms with Crippen molar-refractivity contribution in [1.29, 1.82) is 0 Å². The van der Waals surface area contributed by atoms with Crippen molar-refractivity contribution in [3.05, 3.63) is 53.6 Å². The quantitative estimate of drug-likeness (QED) is 0.371. The van der Waals surface area contributed by atoms with Gasteiger partial charge in [-0.15, -0.1) is 0 Å². The summed E-state index contributed by atoms with van der Waals surface area (Å²) in [6.07, 6.45) is -0.761. The molecule has 2 aromatic carbocycles. The molecule has 1 heterocycles. The maximum Gasteiger partial charge on any atom is 0.222 e. The second-order valence-corrected chi connectivity index (χ2v) is 8.19. The van der Waals surface area contributed by atoms with Crippen LogP contribution in [0, 0.1) is 0 Å². The molecule has 1 fully saturated rings. The molecule has 1 atom stereocenters. The van der Waals surface area contributed by atoms with Crippen LogP contribution in [0.2, 0.25) is 0 Å². The highest BCUT2D eigenvalue weighted by atomic mass is 32.3. The van der Waals surface area contributed by atoms with Gasteiger partial charge >= 0.3 is 0 Å². The van der Waals surface area contributed by atoms with Crippen LogP contribution in [0.25, 0.3) is 0 Å². The molecule has 1 unspecified atom stereocenters. The number of β-amino-alcohol motifs (C(OH)–C–C–N with tert-alkyl or cyclic N) is 1. The zero-order valence-corrected chi connectivity index (χ0v) is 15.2. The van der Waals surface area contributed by atoms with Crippen LogP contribution in [0.4, 0.5) is 11.4 Å². The third-order valence-corrected chi connectivity index (χ3v) is 5.84. The molecule has 0 aliphatic carbocycles. The number of nitrogens with one attached hydrogen (secondary N) is 2. The third kappa shape index (κ3) is 4.03. The van der Waals surface area contributed by atoms with Crippen molar-refractivity contribution < 1.29 is 27.7 Å². The van der Waals surface area contributed by atoms with Crippen LogP contribution in [0.15, 0.2) is 42.5 Å². The first-order chi connectivity index (χ1) is 12.3. The Labute approximate surface area is 153 Å². The maximum atomic E-state index is 10.9. The lowest BCUT2D eigenvalue weighted by Crippen LogP contribution is -2.25. The summed E-state index contributed by atoms with van der Waals surface area (Å²) in [4.78, 5) is 0. The Morgan fingerprint density at radius 2 is 1.96 bits per heavy atom. The van der Waals surface area contributed by atoms with Crippen molar-refractivity contribution in [2.45, 2.75) is 12.6 Å². The number of hydrogen-bond donors (Lipinski definition) is 7. The summed E-state index contributed by atoms with van der Waals surface area (Å²) in [7, 11) is -6.20. The van der Waals surface area contributed by atoms with Crippen LogP contribution >= 0.6 is 11.0 Å². The molecule has 6 N–H and O–H groups in total. The molecule has 1 aliphatic rings. The molecule has 0 radical (unpaired) electrons. The molecule has 142 valence electrons. The predicted octanol–water partition coefficient (Wildman–Crippen LogP) is 1.23. The van der Waals surface area contributed by atoms with Crippen LogP contribution in [-0.2, 0) is 17.3 Å². The van der Waals surface area contributed by atoms with Crippen LogP contribution < -0.4 is 13.7 Å². The summed E-state index contributed by atoms with van der Waals surface area (Å²) >= 11 is 0. The van der Waals surface area contributed by atoms with Gasteiger partial charge in [0.2, 0.25) is 10.9 Å². The van der Waals surface area contributed by atoms with Gasteiger partial charge < -0.3 is 10.2 Å². The predicted molar refractivity (Wildman–Crippen MR) is 101 cm³/mol. The average molecular weight is 401 g/mol. The van der Waals surface area contributed by atoms with Gasteiger partial charge in [0.15, 0.2) is 0 Å². The monoisotopic (exact) mass is 401 g/mol. The zero-order chi connectivity index (χ0) is 18.9. The van der Waals surface area contributed by atoms with Crippen molar-refractivity contribution in [1.82, 2.24) is 4.72 Å². The summed E-state index contributed by atoms with van der Waals surface area (Å²) in [5, 5.41) is 19.8. The van der Waals surface area contributed by atoms with Crippen LogP contribution in [0.3, 0.4) is 0 Å². The van der Waals surface area contributed by atoms with E-state index in [1.807, 2.05) is 0 Å². The molecule has 0 bridgehead atoms. The lowest BCUT2D eigenvalue weighted by atomic mass is 10.0. The average Bonchev–Trinajstić information content (AvgIpc) is 2.81. The molecule has 26 heavy (non-hydrogen) atoms. The topological polar surface area (TPSA) is 142 Å². The summed E-state index contributed by atoms with van der Waals surface area (Å²) in [5.74, 6) is -0.182. The highest BCUT2D eigenvalue weighted by molar-refractivity contribution is 8.24. The third-order valence-electron chi connectivity index (χ3n) is 3.87. The Morgan fingerprint density at radius 3 is 2.58 bits per heavy atom. The minimum absolute atomic E-state index is 0.0848. The molecular formula is C15H19N3O6S2. The van der Waals surface area contributed by atoms with Gasteiger partial charge in [0.1, 0.15) is 17.7 Å². The van der Waals surface area contributed by atoms with E-state index in [0.717, 1.165) is 9.87 Å². The molecule has 2 aromatic rings. The molecule has 11 heteroatoms. The number of phenolic OH excluding ortho intramolecular Hbond substituents is 1. The zero-order valence-electron chi connectivity index (χ0n) is 13.4. The number of phenols is 1. The Hall–Kier alpha value is -2.02. The molecule has 1 saturated heterocycles. The first kappa shape index (κ1) is 18.8. The fourth-order valence-corrected chi connectivity index (χ4v) is 4.53. The fourth-order valence-electron chi connectivity index (χ4n) is 2.77. The fraction of sp³-hybridized carbons (Fsp3) is 0.200. The van der Waals surface area contributed by atoms with E-state index in [-0.39, 0.29) is 18.0 Å². The number of hydrogen-bond acceptors (Lipinski definition) is 8. The first-order valence-corrected chi connectivity index (χ1v) is 10.3. The summed E-state index contributed by atoms with van der Waals surface area (Å²) in [6, 6.07) is 11.6. The van der Waals surface area contributed by atoms with Crippen molar-refractivity contribution >= 4 is 33.2 Å². The standard InChI is InChI=1S/C15H19N3O6S2/c19-14-8-10(7-11-3-1-2-4-12(11)16-25(21)22)5-6-13(14)18-9-15(20)17-26(18,23)24/h1-6,8,15,17,19-20,23-25H,7,9H2,(H,16,21,22). The molecule has 1 aliphatic heterocycles. The van der Waals surface area contributed by atoms with Gasteiger partial charge in [-0.2, -0.15) is 4.72 Å². The molecule has 9 nitrogen and oxygen atoms in total. The second-order valence-electron chi connectivity index (χ2n) is 5.74. The number of aliphatic hydroxyl groups is 1. The van der Waals surface area contributed by atoms with E-state index in [4.69, 9.17) is 0 Å². The molecule has 0 spiro atoms. The van der Waals surface area contributed by atoms with E-state index < -0.39 is 28.1 Å². The van der Waals surface area contributed by atoms with Gasteiger partial charge in [0.25, 0.3) is 0 Å². The minimum Gasteiger partial charge on any atom is -0.506 e. The van der Waals surface area contributed by atoms with Gasteiger partial charge in [0.05, 0.1) is 12.2 Å². The Morgan fingerprint density at radius 1 is 1.23 bits per heavy atom. The first-order valence-electron chi connectivity index (χ1n) is 7.58. The summed E-state index contributed by atoms with van der Waals surface area (Å²) in [6.45, 7) is -0.0848. The normalized spacial score (nSPS) is 20.3. The summed E-state index contributed by atoms with van der Waals surface area (Å²) in [5.41, 5.74) is 2.05. The van der Waals surface area contributed by atoms with Crippen molar-refractivity contribution in [2.24, 2.45) is 0 Å². The second kappa shape index (κ2) is 7.31. The Bertz CT molecular complexity index is 881. The van der Waals surface area contributed by atoms with Gasteiger partial charge in [-0.3, -0.25) is 18.1 Å². The number of nitrogens with zero attached hydrogens (tertiary/aromatic N) is 1. The van der Waals surface area contributed by atoms with Crippen molar-refractivity contribution in [2.75, 3.05) is 15.6 Å². The number of rotatable bonds is 5. The molecule has 0 amide bonds. The van der Waals surface area contributed by atoms with Gasteiger partial charge in [-0.1, -0.05) is 35.2 Å². The highest BCUT2D eigenvalue weighted by Crippen LogP contribution is 2.49. The van der Waals surface area contributed by atoms with E-state index in [1.54, 1.807) is 30.3 Å². The van der Waals surface area contributed by atoms with E-state index >= 15 is 0 Å². The molecule has 0 aromatic heterocycles. The number of anilines is 2. The van der Waals surface area contributed by atoms with E-state index in [2.05, 4.69) is 9.44 Å². The van der Waals surface area contributed by atoms with E-state index in [9.17, 15) is 27.7 Å². The number of benzene rings is 2. The van der Waals surface area contributed by atoms with Crippen molar-refractivity contribution in [3.63, 3.8) is 0 Å². The van der Waals surface area contributed by atoms with Gasteiger partial charge in [-0.05, 0) is 35.7 Å².